The van der Waals surface area contributed by atoms with Gasteiger partial charge in [0, 0.05) is 19.6 Å². The minimum atomic E-state index is -0.193. The van der Waals surface area contributed by atoms with Gasteiger partial charge in [-0.3, -0.25) is 14.4 Å². The number of carbonyl (C=O) groups is 1. The Kier molecular flexibility index (Phi) is 6.49. The number of nitrogens with zero attached hydrogens (tertiary/aromatic N) is 3. The molecule has 1 rings (SSSR count). The first-order chi connectivity index (χ1) is 9.44. The summed E-state index contributed by atoms with van der Waals surface area (Å²) in [6.07, 6.45) is 0.821. The molecule has 1 aromatic rings. The number of ether oxygens (including phenoxy) is 1. The van der Waals surface area contributed by atoms with E-state index in [9.17, 15) is 4.79 Å². The predicted octanol–water partition coefficient (Wildman–Crippen LogP) is 2.36. The van der Waals surface area contributed by atoms with Gasteiger partial charge in [-0.1, -0.05) is 25.4 Å². The zero-order valence-corrected chi connectivity index (χ0v) is 13.7. The van der Waals surface area contributed by atoms with Gasteiger partial charge in [-0.25, -0.2) is 0 Å². The summed E-state index contributed by atoms with van der Waals surface area (Å²) < 4.78 is 6.68. The summed E-state index contributed by atoms with van der Waals surface area (Å²) in [6, 6.07) is 0. The fourth-order valence-corrected chi connectivity index (χ4v) is 2.56. The molecule has 1 aromatic heterocycles. The summed E-state index contributed by atoms with van der Waals surface area (Å²) in [5.74, 6) is -0.353. The van der Waals surface area contributed by atoms with E-state index in [2.05, 4.69) is 10.00 Å². The van der Waals surface area contributed by atoms with Crippen LogP contribution in [0.5, 0.6) is 0 Å². The summed E-state index contributed by atoms with van der Waals surface area (Å²) in [6.45, 7) is 8.03. The molecule has 1 unspecified atom stereocenters. The first kappa shape index (κ1) is 17.0. The molecule has 5 nitrogen and oxygen atoms in total. The molecule has 0 saturated heterocycles. The number of halogens is 1. The van der Waals surface area contributed by atoms with Gasteiger partial charge in [-0.05, 0) is 20.4 Å². The van der Waals surface area contributed by atoms with Crippen LogP contribution in [0.3, 0.4) is 0 Å². The van der Waals surface area contributed by atoms with E-state index in [-0.39, 0.29) is 11.9 Å². The van der Waals surface area contributed by atoms with Crippen molar-refractivity contribution in [2.24, 2.45) is 5.92 Å². The topological polar surface area (TPSA) is 47.4 Å². The molecule has 0 aliphatic carbocycles. The maximum atomic E-state index is 11.4. The lowest BCUT2D eigenvalue weighted by atomic mass is 10.1. The van der Waals surface area contributed by atoms with Gasteiger partial charge in [0.25, 0.3) is 0 Å². The lowest BCUT2D eigenvalue weighted by Crippen LogP contribution is -2.29. The standard InChI is InChI=1S/C14H24ClN3O2/c1-6-11-13(15)12(18(7-2)16-11)9-17(4)8-10(3)14(19)20-5/h10H,6-9H2,1-5H3. The van der Waals surface area contributed by atoms with E-state index in [1.807, 2.05) is 32.5 Å². The lowest BCUT2D eigenvalue weighted by molar-refractivity contribution is -0.145. The molecule has 6 heteroatoms. The van der Waals surface area contributed by atoms with Crippen LogP contribution in [-0.4, -0.2) is 41.4 Å². The molecule has 0 fully saturated rings. The van der Waals surface area contributed by atoms with Crippen molar-refractivity contribution in [3.8, 4) is 0 Å². The second kappa shape index (κ2) is 7.64. The molecule has 1 atom stereocenters. The Hall–Kier alpha value is -1.07. The van der Waals surface area contributed by atoms with E-state index < -0.39 is 0 Å². The molecule has 0 bridgehead atoms. The lowest BCUT2D eigenvalue weighted by Gasteiger charge is -2.20. The molecule has 0 spiro atoms. The van der Waals surface area contributed by atoms with Gasteiger partial charge in [0.05, 0.1) is 29.4 Å². The van der Waals surface area contributed by atoms with Gasteiger partial charge in [0.1, 0.15) is 0 Å². The number of methoxy groups -OCH3 is 1. The molecule has 1 heterocycles. The number of carbonyl (C=O) groups excluding carboxylic acids is 1. The molecule has 0 aliphatic heterocycles. The van der Waals surface area contributed by atoms with Crippen LogP contribution in [0.2, 0.25) is 5.02 Å². The fourth-order valence-electron chi connectivity index (χ4n) is 2.23. The Morgan fingerprint density at radius 2 is 2.15 bits per heavy atom. The van der Waals surface area contributed by atoms with Crippen LogP contribution < -0.4 is 0 Å². The summed E-state index contributed by atoms with van der Waals surface area (Å²) in [7, 11) is 3.38. The van der Waals surface area contributed by atoms with E-state index in [4.69, 9.17) is 16.3 Å². The molecule has 0 aliphatic rings. The van der Waals surface area contributed by atoms with Crippen molar-refractivity contribution in [2.75, 3.05) is 20.7 Å². The van der Waals surface area contributed by atoms with Crippen LogP contribution in [0, 0.1) is 5.92 Å². The average Bonchev–Trinajstić information content (AvgIpc) is 2.74. The van der Waals surface area contributed by atoms with E-state index >= 15 is 0 Å². The molecule has 0 saturated carbocycles. The van der Waals surface area contributed by atoms with Gasteiger partial charge in [0.2, 0.25) is 0 Å². The SMILES string of the molecule is CCc1nn(CC)c(CN(C)CC(C)C(=O)OC)c1Cl. The van der Waals surface area contributed by atoms with Crippen LogP contribution in [0.4, 0.5) is 0 Å². The van der Waals surface area contributed by atoms with Gasteiger partial charge < -0.3 is 4.74 Å². The minimum absolute atomic E-state index is 0.160. The molecular weight excluding hydrogens is 278 g/mol. The third-order valence-corrected chi connectivity index (χ3v) is 3.74. The zero-order valence-electron chi connectivity index (χ0n) is 12.9. The van der Waals surface area contributed by atoms with Gasteiger partial charge in [0.15, 0.2) is 0 Å². The van der Waals surface area contributed by atoms with E-state index in [0.717, 1.165) is 29.4 Å². The van der Waals surface area contributed by atoms with Gasteiger partial charge in [-0.15, -0.1) is 0 Å². The molecule has 114 valence electrons. The summed E-state index contributed by atoms with van der Waals surface area (Å²) in [4.78, 5) is 13.5. The Morgan fingerprint density at radius 3 is 2.65 bits per heavy atom. The second-order valence-electron chi connectivity index (χ2n) is 5.00. The quantitative estimate of drug-likeness (QED) is 0.725. The van der Waals surface area contributed by atoms with E-state index in [1.165, 1.54) is 7.11 Å². The number of hydrogen-bond acceptors (Lipinski definition) is 4. The molecule has 0 radical (unpaired) electrons. The number of hydrogen-bond donors (Lipinski definition) is 0. The number of rotatable bonds is 7. The number of aromatic nitrogens is 2. The molecule has 0 aromatic carbocycles. The Bertz CT molecular complexity index is 460. The van der Waals surface area contributed by atoms with Crippen LogP contribution in [0.15, 0.2) is 0 Å². The maximum absolute atomic E-state index is 11.4. The van der Waals surface area contributed by atoms with Crippen LogP contribution in [-0.2, 0) is 29.0 Å². The van der Waals surface area contributed by atoms with Crippen molar-refractivity contribution in [3.05, 3.63) is 16.4 Å². The normalized spacial score (nSPS) is 12.8. The van der Waals surface area contributed by atoms with Gasteiger partial charge >= 0.3 is 5.97 Å². The highest BCUT2D eigenvalue weighted by atomic mass is 35.5. The number of esters is 1. The average molecular weight is 302 g/mol. The van der Waals surface area contributed by atoms with Crippen molar-refractivity contribution in [1.82, 2.24) is 14.7 Å². The van der Waals surface area contributed by atoms with Crippen LogP contribution in [0.25, 0.3) is 0 Å². The molecule has 0 N–H and O–H groups in total. The maximum Gasteiger partial charge on any atom is 0.309 e. The molecular formula is C14H24ClN3O2. The largest absolute Gasteiger partial charge is 0.469 e. The first-order valence-electron chi connectivity index (χ1n) is 6.94. The highest BCUT2D eigenvalue weighted by molar-refractivity contribution is 6.31. The first-order valence-corrected chi connectivity index (χ1v) is 7.32. The van der Waals surface area contributed by atoms with Crippen molar-refractivity contribution in [3.63, 3.8) is 0 Å². The van der Waals surface area contributed by atoms with E-state index in [1.54, 1.807) is 0 Å². The smallest absolute Gasteiger partial charge is 0.309 e. The van der Waals surface area contributed by atoms with Crippen molar-refractivity contribution < 1.29 is 9.53 Å². The predicted molar refractivity (Wildman–Crippen MR) is 79.8 cm³/mol. The summed E-state index contributed by atoms with van der Waals surface area (Å²) in [5.41, 5.74) is 1.93. The second-order valence-corrected chi connectivity index (χ2v) is 5.38. The van der Waals surface area contributed by atoms with Crippen molar-refractivity contribution in [1.29, 1.82) is 0 Å². The third-order valence-electron chi connectivity index (χ3n) is 3.30. The Balaban J connectivity index is 2.77. The number of aryl methyl sites for hydroxylation is 2. The zero-order chi connectivity index (χ0) is 15.3. The Labute approximate surface area is 125 Å². The Morgan fingerprint density at radius 1 is 1.50 bits per heavy atom. The van der Waals surface area contributed by atoms with Crippen molar-refractivity contribution in [2.45, 2.75) is 40.3 Å². The monoisotopic (exact) mass is 301 g/mol. The minimum Gasteiger partial charge on any atom is -0.469 e. The highest BCUT2D eigenvalue weighted by Gasteiger charge is 2.19. The van der Waals surface area contributed by atoms with Crippen molar-refractivity contribution >= 4 is 17.6 Å². The van der Waals surface area contributed by atoms with Crippen LogP contribution >= 0.6 is 11.6 Å². The van der Waals surface area contributed by atoms with Gasteiger partial charge in [-0.2, -0.15) is 5.10 Å². The van der Waals surface area contributed by atoms with Crippen LogP contribution in [0.1, 0.15) is 32.2 Å². The fraction of sp³-hybridized carbons (Fsp3) is 0.714. The summed E-state index contributed by atoms with van der Waals surface area (Å²) >= 11 is 6.38. The molecule has 0 amide bonds. The third kappa shape index (κ3) is 3.96. The summed E-state index contributed by atoms with van der Waals surface area (Å²) in [5, 5.41) is 5.24. The van der Waals surface area contributed by atoms with E-state index in [0.29, 0.717) is 13.1 Å². The molecule has 20 heavy (non-hydrogen) atoms. The highest BCUT2D eigenvalue weighted by Crippen LogP contribution is 2.23.